The Bertz CT molecular complexity index is 1290. The standard InChI is InChI=1S/C26H29F3N6S/c1-33-15-20(14-32-33)17-35(16-19-6-3-2-4-7-19)21-8-5-10-34(11-9-21)24-23-12-22(13-26(27,28)29)36-25(23)31-18-30-24/h2-4,6-7,12,14-15,18,21H,5,8-11,13,16-17H2,1H3/t21-/m1/s1. The van der Waals surface area contributed by atoms with Gasteiger partial charge in [0.25, 0.3) is 0 Å². The minimum absolute atomic E-state index is 0.275. The average molecular weight is 515 g/mol. The van der Waals surface area contributed by atoms with E-state index in [4.69, 9.17) is 0 Å². The van der Waals surface area contributed by atoms with Crippen LogP contribution >= 0.6 is 11.3 Å². The number of rotatable bonds is 7. The smallest absolute Gasteiger partial charge is 0.356 e. The lowest BCUT2D eigenvalue weighted by atomic mass is 10.1. The number of fused-ring (bicyclic) bond motifs is 1. The van der Waals surface area contributed by atoms with Crippen molar-refractivity contribution >= 4 is 27.4 Å². The largest absolute Gasteiger partial charge is 0.393 e. The number of alkyl halides is 3. The number of benzene rings is 1. The summed E-state index contributed by atoms with van der Waals surface area (Å²) in [6.07, 6.45) is 3.26. The molecule has 10 heteroatoms. The van der Waals surface area contributed by atoms with E-state index in [1.54, 1.807) is 6.07 Å². The third-order valence-corrected chi connectivity index (χ3v) is 7.66. The second kappa shape index (κ2) is 10.6. The maximum Gasteiger partial charge on any atom is 0.393 e. The molecule has 36 heavy (non-hydrogen) atoms. The molecular formula is C26H29F3N6S. The summed E-state index contributed by atoms with van der Waals surface area (Å²) in [6, 6.07) is 12.5. The second-order valence-electron chi connectivity index (χ2n) is 9.41. The van der Waals surface area contributed by atoms with Gasteiger partial charge in [0.05, 0.1) is 18.0 Å². The number of halogens is 3. The molecule has 3 aromatic heterocycles. The van der Waals surface area contributed by atoms with Crippen LogP contribution in [0.4, 0.5) is 19.0 Å². The van der Waals surface area contributed by atoms with Crippen LogP contribution in [0.3, 0.4) is 0 Å². The van der Waals surface area contributed by atoms with Gasteiger partial charge < -0.3 is 4.90 Å². The van der Waals surface area contributed by atoms with Gasteiger partial charge in [-0.05, 0) is 30.9 Å². The number of anilines is 1. The first-order valence-corrected chi connectivity index (χ1v) is 13.0. The molecule has 1 aliphatic heterocycles. The average Bonchev–Trinajstić information content (AvgIpc) is 3.34. The van der Waals surface area contributed by atoms with Crippen molar-refractivity contribution in [2.24, 2.45) is 7.05 Å². The van der Waals surface area contributed by atoms with Gasteiger partial charge in [0.1, 0.15) is 17.0 Å². The van der Waals surface area contributed by atoms with Gasteiger partial charge in [-0.2, -0.15) is 18.3 Å². The van der Waals surface area contributed by atoms with Gasteiger partial charge in [-0.15, -0.1) is 11.3 Å². The summed E-state index contributed by atoms with van der Waals surface area (Å²) in [7, 11) is 1.93. The van der Waals surface area contributed by atoms with E-state index in [0.717, 1.165) is 68.0 Å². The van der Waals surface area contributed by atoms with Crippen LogP contribution in [-0.4, -0.2) is 50.0 Å². The molecule has 1 fully saturated rings. The van der Waals surface area contributed by atoms with Gasteiger partial charge in [0, 0.05) is 55.9 Å². The molecule has 0 spiro atoms. The van der Waals surface area contributed by atoms with Crippen LogP contribution in [0.2, 0.25) is 0 Å². The molecule has 1 atom stereocenters. The highest BCUT2D eigenvalue weighted by atomic mass is 32.1. The zero-order valence-electron chi connectivity index (χ0n) is 20.2. The first-order chi connectivity index (χ1) is 17.3. The number of nitrogens with zero attached hydrogens (tertiary/aromatic N) is 6. The first kappa shape index (κ1) is 24.7. The molecular weight excluding hydrogens is 485 g/mol. The number of hydrogen-bond donors (Lipinski definition) is 0. The topological polar surface area (TPSA) is 50.1 Å². The fourth-order valence-corrected chi connectivity index (χ4v) is 6.03. The Kier molecular flexibility index (Phi) is 7.25. The fraction of sp³-hybridized carbons (Fsp3) is 0.423. The van der Waals surface area contributed by atoms with Crippen molar-refractivity contribution in [2.45, 2.75) is 51.0 Å². The van der Waals surface area contributed by atoms with Gasteiger partial charge in [-0.1, -0.05) is 30.3 Å². The lowest BCUT2D eigenvalue weighted by molar-refractivity contribution is -0.126. The van der Waals surface area contributed by atoms with E-state index in [1.165, 1.54) is 17.5 Å². The summed E-state index contributed by atoms with van der Waals surface area (Å²) in [5, 5.41) is 5.06. The van der Waals surface area contributed by atoms with Crippen LogP contribution in [0.15, 0.2) is 55.1 Å². The normalized spacial score (nSPS) is 17.1. The molecule has 0 amide bonds. The Balaban J connectivity index is 1.34. The van der Waals surface area contributed by atoms with E-state index in [-0.39, 0.29) is 4.88 Å². The molecule has 190 valence electrons. The van der Waals surface area contributed by atoms with Crippen molar-refractivity contribution in [2.75, 3.05) is 18.0 Å². The number of aromatic nitrogens is 4. The van der Waals surface area contributed by atoms with Gasteiger partial charge in [-0.3, -0.25) is 9.58 Å². The Hall–Kier alpha value is -2.98. The van der Waals surface area contributed by atoms with Crippen LogP contribution in [0.25, 0.3) is 10.2 Å². The first-order valence-electron chi connectivity index (χ1n) is 12.1. The molecule has 0 N–H and O–H groups in total. The van der Waals surface area contributed by atoms with Gasteiger partial charge in [0.15, 0.2) is 0 Å². The molecule has 6 nitrogen and oxygen atoms in total. The number of thiophene rings is 1. The predicted molar refractivity (Wildman–Crippen MR) is 136 cm³/mol. The summed E-state index contributed by atoms with van der Waals surface area (Å²) in [5.74, 6) is 0.743. The van der Waals surface area contributed by atoms with E-state index in [9.17, 15) is 13.2 Å². The molecule has 4 heterocycles. The molecule has 0 bridgehead atoms. The van der Waals surface area contributed by atoms with Crippen molar-refractivity contribution in [3.05, 3.63) is 71.1 Å². The van der Waals surface area contributed by atoms with E-state index < -0.39 is 12.6 Å². The quantitative estimate of drug-likeness (QED) is 0.322. The van der Waals surface area contributed by atoms with E-state index in [2.05, 4.69) is 55.3 Å². The molecule has 1 aromatic carbocycles. The molecule has 0 radical (unpaired) electrons. The zero-order valence-corrected chi connectivity index (χ0v) is 21.0. The maximum absolute atomic E-state index is 13.0. The summed E-state index contributed by atoms with van der Waals surface area (Å²) in [6.45, 7) is 3.28. The summed E-state index contributed by atoms with van der Waals surface area (Å²) in [4.78, 5) is 14.4. The minimum atomic E-state index is -4.24. The van der Waals surface area contributed by atoms with Crippen LogP contribution in [0.1, 0.15) is 35.3 Å². The van der Waals surface area contributed by atoms with Gasteiger partial charge in [0.2, 0.25) is 0 Å². The zero-order chi connectivity index (χ0) is 25.1. The van der Waals surface area contributed by atoms with Crippen LogP contribution < -0.4 is 4.90 Å². The molecule has 0 unspecified atom stereocenters. The Morgan fingerprint density at radius 3 is 2.61 bits per heavy atom. The Labute approximate surface area is 212 Å². The van der Waals surface area contributed by atoms with Crippen LogP contribution in [0, 0.1) is 0 Å². The SMILES string of the molecule is Cn1cc(CN(Cc2ccccc2)[C@@H]2CCCN(c3ncnc4sc(CC(F)(F)F)cc34)CC2)cn1. The molecule has 1 aliphatic rings. The highest BCUT2D eigenvalue weighted by molar-refractivity contribution is 7.18. The monoisotopic (exact) mass is 514 g/mol. The second-order valence-corrected chi connectivity index (χ2v) is 10.5. The highest BCUT2D eigenvalue weighted by Crippen LogP contribution is 2.34. The van der Waals surface area contributed by atoms with Gasteiger partial charge in [-0.25, -0.2) is 9.97 Å². The van der Waals surface area contributed by atoms with Gasteiger partial charge >= 0.3 is 6.18 Å². The molecule has 5 rings (SSSR count). The highest BCUT2D eigenvalue weighted by Gasteiger charge is 2.30. The lowest BCUT2D eigenvalue weighted by Crippen LogP contribution is -2.35. The molecule has 1 saturated heterocycles. The molecule has 0 aliphatic carbocycles. The predicted octanol–water partition coefficient (Wildman–Crippen LogP) is 5.59. The third kappa shape index (κ3) is 6.04. The van der Waals surface area contributed by atoms with Crippen LogP contribution in [0.5, 0.6) is 0 Å². The summed E-state index contributed by atoms with van der Waals surface area (Å²) in [5.41, 5.74) is 2.46. The lowest BCUT2D eigenvalue weighted by Gasteiger charge is -2.31. The van der Waals surface area contributed by atoms with Crippen molar-refractivity contribution in [3.63, 3.8) is 0 Å². The van der Waals surface area contributed by atoms with E-state index in [1.807, 2.05) is 24.0 Å². The minimum Gasteiger partial charge on any atom is -0.356 e. The molecule has 0 saturated carbocycles. The Morgan fingerprint density at radius 1 is 1.06 bits per heavy atom. The number of aryl methyl sites for hydroxylation is 1. The van der Waals surface area contributed by atoms with E-state index in [0.29, 0.717) is 10.9 Å². The molecule has 4 aromatic rings. The number of hydrogen-bond acceptors (Lipinski definition) is 6. The van der Waals surface area contributed by atoms with Crippen molar-refractivity contribution in [3.8, 4) is 0 Å². The Morgan fingerprint density at radius 2 is 1.86 bits per heavy atom. The summed E-state index contributed by atoms with van der Waals surface area (Å²) >= 11 is 1.10. The van der Waals surface area contributed by atoms with Crippen molar-refractivity contribution in [1.29, 1.82) is 0 Å². The van der Waals surface area contributed by atoms with Crippen molar-refractivity contribution in [1.82, 2.24) is 24.6 Å². The third-order valence-electron chi connectivity index (χ3n) is 6.62. The van der Waals surface area contributed by atoms with Crippen LogP contribution in [-0.2, 0) is 26.6 Å². The van der Waals surface area contributed by atoms with E-state index >= 15 is 0 Å². The van der Waals surface area contributed by atoms with Crippen molar-refractivity contribution < 1.29 is 13.2 Å². The fourth-order valence-electron chi connectivity index (χ4n) is 5.01. The maximum atomic E-state index is 13.0. The summed E-state index contributed by atoms with van der Waals surface area (Å²) < 4.78 is 40.7.